The van der Waals surface area contributed by atoms with Crippen LogP contribution in [0.5, 0.6) is 0 Å². The van der Waals surface area contributed by atoms with Crippen molar-refractivity contribution < 1.29 is 43.8 Å². The third-order valence-electron chi connectivity index (χ3n) is 3.76. The number of nitrogens with two attached hydrogens (primary N) is 1. The summed E-state index contributed by atoms with van der Waals surface area (Å²) in [6, 6.07) is -2.38. The van der Waals surface area contributed by atoms with Crippen molar-refractivity contribution in [3.63, 3.8) is 0 Å². The molecule has 0 aliphatic carbocycles. The summed E-state index contributed by atoms with van der Waals surface area (Å²) in [5.74, 6) is -4.64. The summed E-state index contributed by atoms with van der Waals surface area (Å²) in [7, 11) is 1.26. The average molecular weight is 479 g/mol. The first-order valence-corrected chi connectivity index (χ1v) is 10.9. The van der Waals surface area contributed by atoms with Crippen LogP contribution in [-0.2, 0) is 33.5 Å². The van der Waals surface area contributed by atoms with E-state index in [-0.39, 0.29) is 36.7 Å². The summed E-state index contributed by atoms with van der Waals surface area (Å²) in [6.07, 6.45) is 1.12. The van der Waals surface area contributed by atoms with Crippen LogP contribution in [0.2, 0.25) is 0 Å². The van der Waals surface area contributed by atoms with Gasteiger partial charge in [-0.25, -0.2) is 4.79 Å². The number of nitrogens with one attached hydrogen (secondary N) is 2. The molecule has 182 valence electrons. The van der Waals surface area contributed by atoms with E-state index in [1.807, 2.05) is 6.92 Å². The van der Waals surface area contributed by atoms with Crippen molar-refractivity contribution in [1.82, 2.24) is 10.6 Å². The normalized spacial score (nSPS) is 12.9. The number of nitrogens with zero attached hydrogens (tertiary/aromatic N) is 1. The molecular weight excluding hydrogens is 448 g/mol. The van der Waals surface area contributed by atoms with Crippen molar-refractivity contribution in [2.75, 3.05) is 31.8 Å². The fourth-order valence-corrected chi connectivity index (χ4v) is 3.00. The fourth-order valence-electron chi connectivity index (χ4n) is 2.04. The summed E-state index contributed by atoms with van der Waals surface area (Å²) in [5.41, 5.74) is 5.32. The number of unbranched alkanes of at least 4 members (excludes halogenated alkanes) is 1. The monoisotopic (exact) mass is 478 g/mol. The number of hydrogen-bond donors (Lipinski definition) is 5. The summed E-state index contributed by atoms with van der Waals surface area (Å²) in [5, 5.41) is 25.7. The minimum Gasteiger partial charge on any atom is -0.480 e. The number of amides is 2. The van der Waals surface area contributed by atoms with Gasteiger partial charge in [-0.15, -0.1) is 0 Å². The number of carbonyl (C=O) groups is 5. The van der Waals surface area contributed by atoms with Gasteiger partial charge in [-0.2, -0.15) is 11.8 Å². The zero-order chi connectivity index (χ0) is 24.5. The quantitative estimate of drug-likeness (QED) is 0.0737. The maximum absolute atomic E-state index is 12.3. The van der Waals surface area contributed by atoms with Crippen LogP contribution in [0.4, 0.5) is 0 Å². The van der Waals surface area contributed by atoms with E-state index in [1.165, 1.54) is 7.11 Å². The van der Waals surface area contributed by atoms with Gasteiger partial charge >= 0.3 is 17.9 Å². The largest absolute Gasteiger partial charge is 0.480 e. The molecule has 0 heterocycles. The lowest BCUT2D eigenvalue weighted by atomic mass is 10.1. The van der Waals surface area contributed by atoms with Gasteiger partial charge < -0.3 is 36.2 Å². The van der Waals surface area contributed by atoms with Gasteiger partial charge in [0.2, 0.25) is 11.8 Å². The number of ether oxygens (including phenoxy) is 1. The molecule has 0 aromatic carbocycles. The smallest absolute Gasteiger partial charge is 0.356 e. The van der Waals surface area contributed by atoms with Gasteiger partial charge in [0, 0.05) is 17.9 Å². The molecule has 0 aromatic rings. The Bertz CT molecular complexity index is 687. The topological polar surface area (TPSA) is 207 Å². The Morgan fingerprint density at radius 1 is 1.19 bits per heavy atom. The highest BCUT2D eigenvalue weighted by molar-refractivity contribution is 8.00. The van der Waals surface area contributed by atoms with E-state index in [4.69, 9.17) is 20.7 Å². The Morgan fingerprint density at radius 3 is 2.44 bits per heavy atom. The Morgan fingerprint density at radius 2 is 1.88 bits per heavy atom. The molecule has 32 heavy (non-hydrogen) atoms. The molecule has 0 bridgehead atoms. The van der Waals surface area contributed by atoms with Crippen LogP contribution in [-0.4, -0.2) is 89.5 Å². The molecule has 0 aliphatic rings. The van der Waals surface area contributed by atoms with Gasteiger partial charge in [0.05, 0.1) is 6.61 Å². The minimum absolute atomic E-state index is 0.00126. The lowest BCUT2D eigenvalue weighted by molar-refractivity contribution is -0.139. The molecule has 14 heteroatoms. The van der Waals surface area contributed by atoms with E-state index in [1.54, 1.807) is 0 Å². The Labute approximate surface area is 189 Å². The fraction of sp³-hybridized carbons (Fsp3) is 0.667. The van der Waals surface area contributed by atoms with E-state index >= 15 is 0 Å². The van der Waals surface area contributed by atoms with E-state index in [9.17, 15) is 24.0 Å². The molecule has 0 saturated heterocycles. The number of oxime groups is 1. The van der Waals surface area contributed by atoms with Crippen LogP contribution in [0.25, 0.3) is 0 Å². The molecule has 13 nitrogen and oxygen atoms in total. The maximum Gasteiger partial charge on any atom is 0.356 e. The van der Waals surface area contributed by atoms with Crippen LogP contribution < -0.4 is 16.4 Å². The lowest BCUT2D eigenvalue weighted by Crippen LogP contribution is -2.49. The minimum atomic E-state index is -1.27. The van der Waals surface area contributed by atoms with E-state index in [0.29, 0.717) is 6.42 Å². The number of esters is 1. The van der Waals surface area contributed by atoms with Gasteiger partial charge in [-0.3, -0.25) is 19.2 Å². The lowest BCUT2D eigenvalue weighted by Gasteiger charge is -2.18. The van der Waals surface area contributed by atoms with Gasteiger partial charge in [0.1, 0.15) is 25.7 Å². The standard InChI is InChI=1S/C18H30N4O9S/c1-3-4-7-31-18(29)13(22-30-2)10-32-9-12(16(26)20-8-15(24)25)21-14(23)6-5-11(19)17(27)28/h11-12H,3-10,19H2,1-2H3,(H,20,26)(H,21,23)(H,24,25)(H,27,28)/b22-13-. The van der Waals surface area contributed by atoms with Crippen LogP contribution in [0.1, 0.15) is 32.6 Å². The van der Waals surface area contributed by atoms with E-state index < -0.39 is 48.4 Å². The van der Waals surface area contributed by atoms with Crippen molar-refractivity contribution in [3.05, 3.63) is 0 Å². The van der Waals surface area contributed by atoms with Crippen LogP contribution >= 0.6 is 11.8 Å². The third kappa shape index (κ3) is 13.4. The molecule has 0 rings (SSSR count). The molecule has 0 aliphatic heterocycles. The summed E-state index contributed by atoms with van der Waals surface area (Å²) in [4.78, 5) is 62.5. The maximum atomic E-state index is 12.3. The second kappa shape index (κ2) is 16.8. The highest BCUT2D eigenvalue weighted by Crippen LogP contribution is 2.07. The molecule has 2 atom stereocenters. The highest BCUT2D eigenvalue weighted by Gasteiger charge is 2.24. The first-order valence-electron chi connectivity index (χ1n) is 9.74. The van der Waals surface area contributed by atoms with Gasteiger partial charge in [0.15, 0.2) is 5.71 Å². The molecular formula is C18H30N4O9S. The summed E-state index contributed by atoms with van der Waals surface area (Å²) >= 11 is 1.06. The van der Waals surface area contributed by atoms with Crippen molar-refractivity contribution in [1.29, 1.82) is 0 Å². The van der Waals surface area contributed by atoms with Gasteiger partial charge in [-0.05, 0) is 12.8 Å². The molecule has 0 saturated carbocycles. The SMILES string of the molecule is CCCCOC(=O)/C(CSCC(NC(=O)CCC(N)C(=O)O)C(=O)NCC(=O)O)=N\OC. The molecule has 0 radical (unpaired) electrons. The molecule has 0 spiro atoms. The van der Waals surface area contributed by atoms with Crippen molar-refractivity contribution in [2.24, 2.45) is 10.9 Å². The Kier molecular flexibility index (Phi) is 15.3. The van der Waals surface area contributed by atoms with Crippen molar-refractivity contribution >= 4 is 47.2 Å². The molecule has 0 fully saturated rings. The summed E-state index contributed by atoms with van der Waals surface area (Å²) in [6.45, 7) is 1.50. The van der Waals surface area contributed by atoms with Crippen molar-refractivity contribution in [3.8, 4) is 0 Å². The number of carboxylic acids is 2. The first-order chi connectivity index (χ1) is 15.1. The number of hydrogen-bond acceptors (Lipinski definition) is 10. The van der Waals surface area contributed by atoms with E-state index in [2.05, 4.69) is 20.6 Å². The molecule has 2 unspecified atom stereocenters. The highest BCUT2D eigenvalue weighted by atomic mass is 32.2. The Balaban J connectivity index is 4.95. The predicted molar refractivity (Wildman–Crippen MR) is 115 cm³/mol. The zero-order valence-corrected chi connectivity index (χ0v) is 18.8. The number of aliphatic carboxylic acids is 2. The number of rotatable bonds is 17. The van der Waals surface area contributed by atoms with Crippen molar-refractivity contribution in [2.45, 2.75) is 44.7 Å². The van der Waals surface area contributed by atoms with Crippen LogP contribution in [0, 0.1) is 0 Å². The average Bonchev–Trinajstić information content (AvgIpc) is 2.74. The number of carbonyl (C=O) groups excluding carboxylic acids is 3. The van der Waals surface area contributed by atoms with Gasteiger partial charge in [0.25, 0.3) is 0 Å². The summed E-state index contributed by atoms with van der Waals surface area (Å²) < 4.78 is 5.07. The predicted octanol–water partition coefficient (Wildman–Crippen LogP) is -1.06. The number of carboxylic acid groups (broad SMARTS) is 2. The van der Waals surface area contributed by atoms with Gasteiger partial charge in [-0.1, -0.05) is 18.5 Å². The molecule has 2 amide bonds. The molecule has 0 aromatic heterocycles. The second-order valence-corrected chi connectivity index (χ2v) is 7.47. The second-order valence-electron chi connectivity index (χ2n) is 6.44. The molecule has 6 N–H and O–H groups in total. The Hall–Kier alpha value is -2.87. The van der Waals surface area contributed by atoms with Crippen LogP contribution in [0.3, 0.4) is 0 Å². The zero-order valence-electron chi connectivity index (χ0n) is 18.0. The van der Waals surface area contributed by atoms with Crippen LogP contribution in [0.15, 0.2) is 5.16 Å². The number of thioether (sulfide) groups is 1. The first kappa shape index (κ1) is 29.1. The van der Waals surface area contributed by atoms with E-state index in [0.717, 1.165) is 18.2 Å². The third-order valence-corrected chi connectivity index (χ3v) is 4.80.